The smallest absolute Gasteiger partial charge is 0.306 e. The van der Waals surface area contributed by atoms with Crippen LogP contribution in [0.3, 0.4) is 0 Å². The molecule has 0 radical (unpaired) electrons. The lowest BCUT2D eigenvalue weighted by atomic mass is 9.80. The van der Waals surface area contributed by atoms with Crippen molar-refractivity contribution >= 4 is 11.9 Å². The van der Waals surface area contributed by atoms with Gasteiger partial charge in [-0.3, -0.25) is 9.59 Å². The second-order valence-corrected chi connectivity index (χ2v) is 5.85. The minimum absolute atomic E-state index is 0.00464. The predicted molar refractivity (Wildman–Crippen MR) is 67.7 cm³/mol. The fourth-order valence-corrected chi connectivity index (χ4v) is 1.21. The first-order valence-electron chi connectivity index (χ1n) is 6.14. The molecule has 0 heterocycles. The van der Waals surface area contributed by atoms with Crippen molar-refractivity contribution in [2.45, 2.75) is 47.5 Å². The third kappa shape index (κ3) is 6.97. The number of carboxylic acid groups (broad SMARTS) is 1. The lowest BCUT2D eigenvalue weighted by Gasteiger charge is -2.26. The van der Waals surface area contributed by atoms with E-state index in [1.54, 1.807) is 6.92 Å². The number of nitrogens with one attached hydrogen (secondary N) is 1. The molecular weight excluding hydrogens is 218 g/mol. The summed E-state index contributed by atoms with van der Waals surface area (Å²) in [6.07, 6.45) is 0.968. The number of hydrogen-bond donors (Lipinski definition) is 2. The first-order chi connectivity index (χ1) is 7.64. The predicted octanol–water partition coefficient (Wildman–Crippen LogP) is 2.29. The average molecular weight is 243 g/mol. The number of aliphatic carboxylic acids is 1. The summed E-state index contributed by atoms with van der Waals surface area (Å²) in [5.74, 6) is -0.915. The summed E-state index contributed by atoms with van der Waals surface area (Å²) in [6, 6.07) is 0. The average Bonchev–Trinajstić information content (AvgIpc) is 2.15. The van der Waals surface area contributed by atoms with Crippen LogP contribution >= 0.6 is 0 Å². The van der Waals surface area contributed by atoms with Crippen LogP contribution in [0.1, 0.15) is 47.5 Å². The fraction of sp³-hybridized carbons (Fsp3) is 0.846. The van der Waals surface area contributed by atoms with Gasteiger partial charge in [0, 0.05) is 13.0 Å². The molecule has 0 saturated heterocycles. The van der Waals surface area contributed by atoms with Gasteiger partial charge < -0.3 is 10.4 Å². The highest BCUT2D eigenvalue weighted by Crippen LogP contribution is 2.27. The van der Waals surface area contributed by atoms with Crippen LogP contribution in [0.5, 0.6) is 0 Å². The van der Waals surface area contributed by atoms with Crippen molar-refractivity contribution in [2.75, 3.05) is 6.54 Å². The Balaban J connectivity index is 3.85. The zero-order valence-corrected chi connectivity index (χ0v) is 11.5. The SMILES string of the molecule is CC(CCNC(=O)CC(C)C(C)(C)C)C(=O)O. The summed E-state index contributed by atoms with van der Waals surface area (Å²) in [7, 11) is 0. The summed E-state index contributed by atoms with van der Waals surface area (Å²) in [6.45, 7) is 10.5. The van der Waals surface area contributed by atoms with E-state index in [2.05, 4.69) is 33.0 Å². The topological polar surface area (TPSA) is 66.4 Å². The van der Waals surface area contributed by atoms with Crippen molar-refractivity contribution in [2.24, 2.45) is 17.3 Å². The van der Waals surface area contributed by atoms with Gasteiger partial charge in [0.2, 0.25) is 5.91 Å². The third-order valence-corrected chi connectivity index (χ3v) is 3.29. The van der Waals surface area contributed by atoms with Crippen LogP contribution < -0.4 is 5.32 Å². The van der Waals surface area contributed by atoms with Crippen molar-refractivity contribution in [3.63, 3.8) is 0 Å². The van der Waals surface area contributed by atoms with Crippen molar-refractivity contribution in [3.05, 3.63) is 0 Å². The molecule has 0 aliphatic rings. The highest BCUT2D eigenvalue weighted by Gasteiger charge is 2.22. The largest absolute Gasteiger partial charge is 0.481 e. The van der Waals surface area contributed by atoms with Crippen molar-refractivity contribution < 1.29 is 14.7 Å². The summed E-state index contributed by atoms with van der Waals surface area (Å²) in [5, 5.41) is 11.5. The first kappa shape index (κ1) is 15.9. The molecule has 0 rings (SSSR count). The van der Waals surface area contributed by atoms with Crippen molar-refractivity contribution in [1.29, 1.82) is 0 Å². The van der Waals surface area contributed by atoms with E-state index in [0.717, 1.165) is 0 Å². The van der Waals surface area contributed by atoms with Crippen LogP contribution in [-0.4, -0.2) is 23.5 Å². The standard InChI is InChI=1S/C13H25NO3/c1-9(12(16)17)6-7-14-11(15)8-10(2)13(3,4)5/h9-10H,6-8H2,1-5H3,(H,14,15)(H,16,17). The maximum Gasteiger partial charge on any atom is 0.306 e. The molecule has 17 heavy (non-hydrogen) atoms. The van der Waals surface area contributed by atoms with Gasteiger partial charge in [-0.1, -0.05) is 34.6 Å². The van der Waals surface area contributed by atoms with E-state index in [1.165, 1.54) is 0 Å². The van der Waals surface area contributed by atoms with Crippen LogP contribution in [0.25, 0.3) is 0 Å². The molecule has 0 aromatic heterocycles. The molecule has 2 atom stereocenters. The molecule has 2 unspecified atom stereocenters. The Morgan fingerprint density at radius 1 is 1.24 bits per heavy atom. The van der Waals surface area contributed by atoms with Gasteiger partial charge in [-0.15, -0.1) is 0 Å². The summed E-state index contributed by atoms with van der Waals surface area (Å²) >= 11 is 0. The minimum atomic E-state index is -0.817. The second kappa shape index (κ2) is 6.62. The quantitative estimate of drug-likeness (QED) is 0.752. The Labute approximate surface area is 104 Å². The van der Waals surface area contributed by atoms with Gasteiger partial charge in [0.25, 0.3) is 0 Å². The lowest BCUT2D eigenvalue weighted by Crippen LogP contribution is -2.31. The van der Waals surface area contributed by atoms with E-state index < -0.39 is 11.9 Å². The number of rotatable bonds is 6. The summed E-state index contributed by atoms with van der Waals surface area (Å²) in [4.78, 5) is 22.2. The molecule has 4 nitrogen and oxygen atoms in total. The molecule has 0 aromatic rings. The summed E-state index contributed by atoms with van der Waals surface area (Å²) in [5.41, 5.74) is 0.117. The number of amides is 1. The fourth-order valence-electron chi connectivity index (χ4n) is 1.21. The Bertz CT molecular complexity index is 268. The van der Waals surface area contributed by atoms with Gasteiger partial charge in [-0.25, -0.2) is 0 Å². The van der Waals surface area contributed by atoms with Crippen LogP contribution in [0, 0.1) is 17.3 Å². The van der Waals surface area contributed by atoms with Crippen molar-refractivity contribution in [3.8, 4) is 0 Å². The molecule has 0 saturated carbocycles. The number of carbonyl (C=O) groups excluding carboxylic acids is 1. The van der Waals surface area contributed by atoms with Crippen LogP contribution in [-0.2, 0) is 9.59 Å². The van der Waals surface area contributed by atoms with Gasteiger partial charge in [-0.05, 0) is 17.8 Å². The highest BCUT2D eigenvalue weighted by molar-refractivity contribution is 5.76. The molecule has 0 aromatic carbocycles. The minimum Gasteiger partial charge on any atom is -0.481 e. The van der Waals surface area contributed by atoms with Gasteiger partial charge >= 0.3 is 5.97 Å². The molecule has 100 valence electrons. The number of carbonyl (C=O) groups is 2. The summed E-state index contributed by atoms with van der Waals surface area (Å²) < 4.78 is 0. The van der Waals surface area contributed by atoms with E-state index in [1.807, 2.05) is 0 Å². The van der Waals surface area contributed by atoms with Crippen LogP contribution in [0.2, 0.25) is 0 Å². The third-order valence-electron chi connectivity index (χ3n) is 3.29. The van der Waals surface area contributed by atoms with Gasteiger partial charge in [0.05, 0.1) is 5.92 Å². The zero-order valence-electron chi connectivity index (χ0n) is 11.5. The molecule has 0 fully saturated rings. The Morgan fingerprint density at radius 2 is 1.76 bits per heavy atom. The Hall–Kier alpha value is -1.06. The van der Waals surface area contributed by atoms with Crippen LogP contribution in [0.4, 0.5) is 0 Å². The Morgan fingerprint density at radius 3 is 2.18 bits per heavy atom. The van der Waals surface area contributed by atoms with Gasteiger partial charge in [-0.2, -0.15) is 0 Å². The molecular formula is C13H25NO3. The first-order valence-corrected chi connectivity index (χ1v) is 6.14. The Kier molecular flexibility index (Phi) is 6.21. The van der Waals surface area contributed by atoms with E-state index >= 15 is 0 Å². The van der Waals surface area contributed by atoms with E-state index in [-0.39, 0.29) is 11.3 Å². The highest BCUT2D eigenvalue weighted by atomic mass is 16.4. The monoisotopic (exact) mass is 243 g/mol. The molecule has 2 N–H and O–H groups in total. The molecule has 4 heteroatoms. The number of carboxylic acids is 1. The lowest BCUT2D eigenvalue weighted by molar-refractivity contribution is -0.141. The van der Waals surface area contributed by atoms with E-state index in [4.69, 9.17) is 5.11 Å². The molecule has 0 aliphatic carbocycles. The van der Waals surface area contributed by atoms with E-state index in [0.29, 0.717) is 25.3 Å². The van der Waals surface area contributed by atoms with Gasteiger partial charge in [0.1, 0.15) is 0 Å². The molecule has 0 aliphatic heterocycles. The van der Waals surface area contributed by atoms with Gasteiger partial charge in [0.15, 0.2) is 0 Å². The van der Waals surface area contributed by atoms with Crippen molar-refractivity contribution in [1.82, 2.24) is 5.32 Å². The number of hydrogen-bond acceptors (Lipinski definition) is 2. The normalized spacial score (nSPS) is 15.1. The van der Waals surface area contributed by atoms with E-state index in [9.17, 15) is 9.59 Å². The molecule has 1 amide bonds. The maximum absolute atomic E-state index is 11.6. The van der Waals surface area contributed by atoms with Crippen LogP contribution in [0.15, 0.2) is 0 Å². The zero-order chi connectivity index (χ0) is 13.6. The molecule has 0 bridgehead atoms. The maximum atomic E-state index is 11.6. The second-order valence-electron chi connectivity index (χ2n) is 5.85. The molecule has 0 spiro atoms.